The van der Waals surface area contributed by atoms with Gasteiger partial charge in [-0.2, -0.15) is 5.26 Å². The Labute approximate surface area is 111 Å². The molecule has 0 spiro atoms. The maximum atomic E-state index is 9.10. The SMILES string of the molecule is Cc1ccc(C#N)c(NCC(C(C)C)C(C)C)c1. The topological polar surface area (TPSA) is 35.8 Å². The largest absolute Gasteiger partial charge is 0.384 e. The summed E-state index contributed by atoms with van der Waals surface area (Å²) in [6, 6.07) is 8.16. The van der Waals surface area contributed by atoms with Gasteiger partial charge in [0.15, 0.2) is 0 Å². The van der Waals surface area contributed by atoms with Gasteiger partial charge < -0.3 is 5.32 Å². The highest BCUT2D eigenvalue weighted by Crippen LogP contribution is 2.23. The first-order valence-corrected chi connectivity index (χ1v) is 6.70. The van der Waals surface area contributed by atoms with Crippen molar-refractivity contribution in [3.63, 3.8) is 0 Å². The van der Waals surface area contributed by atoms with E-state index in [9.17, 15) is 0 Å². The van der Waals surface area contributed by atoms with Gasteiger partial charge >= 0.3 is 0 Å². The molecule has 0 aliphatic heterocycles. The molecule has 1 aromatic carbocycles. The number of nitriles is 1. The number of hydrogen-bond acceptors (Lipinski definition) is 2. The van der Waals surface area contributed by atoms with Crippen molar-refractivity contribution in [1.82, 2.24) is 0 Å². The Morgan fingerprint density at radius 1 is 1.17 bits per heavy atom. The van der Waals surface area contributed by atoms with Gasteiger partial charge in [0.2, 0.25) is 0 Å². The monoisotopic (exact) mass is 244 g/mol. The first-order chi connectivity index (χ1) is 8.45. The number of nitrogens with one attached hydrogen (secondary N) is 1. The number of aryl methyl sites for hydroxylation is 1. The van der Waals surface area contributed by atoms with Gasteiger partial charge in [0.1, 0.15) is 6.07 Å². The normalized spacial score (nSPS) is 11.1. The van der Waals surface area contributed by atoms with E-state index >= 15 is 0 Å². The first-order valence-electron chi connectivity index (χ1n) is 6.70. The average molecular weight is 244 g/mol. The van der Waals surface area contributed by atoms with Crippen molar-refractivity contribution in [2.75, 3.05) is 11.9 Å². The quantitative estimate of drug-likeness (QED) is 0.842. The predicted octanol–water partition coefficient (Wildman–Crippen LogP) is 4.21. The number of anilines is 1. The minimum absolute atomic E-state index is 0.622. The third kappa shape index (κ3) is 3.77. The Morgan fingerprint density at radius 2 is 1.78 bits per heavy atom. The second kappa shape index (κ2) is 6.44. The molecule has 1 aromatic rings. The van der Waals surface area contributed by atoms with E-state index in [4.69, 9.17) is 5.26 Å². The Balaban J connectivity index is 2.79. The fraction of sp³-hybridized carbons (Fsp3) is 0.562. The van der Waals surface area contributed by atoms with Gasteiger partial charge in [0.05, 0.1) is 11.3 Å². The number of benzene rings is 1. The first kappa shape index (κ1) is 14.6. The summed E-state index contributed by atoms with van der Waals surface area (Å²) >= 11 is 0. The minimum atomic E-state index is 0.622. The van der Waals surface area contributed by atoms with E-state index < -0.39 is 0 Å². The molecule has 0 atom stereocenters. The lowest BCUT2D eigenvalue weighted by molar-refractivity contribution is 0.304. The van der Waals surface area contributed by atoms with E-state index in [0.29, 0.717) is 17.8 Å². The molecule has 0 heterocycles. The highest BCUT2D eigenvalue weighted by molar-refractivity contribution is 5.58. The van der Waals surface area contributed by atoms with Gasteiger partial charge in [0.25, 0.3) is 0 Å². The summed E-state index contributed by atoms with van der Waals surface area (Å²) in [5, 5.41) is 12.5. The Bertz CT molecular complexity index is 419. The molecular weight excluding hydrogens is 220 g/mol. The minimum Gasteiger partial charge on any atom is -0.384 e. The van der Waals surface area contributed by atoms with Gasteiger partial charge in [-0.25, -0.2) is 0 Å². The molecule has 0 aliphatic carbocycles. The lowest BCUT2D eigenvalue weighted by Crippen LogP contribution is -2.24. The lowest BCUT2D eigenvalue weighted by atomic mass is 9.85. The molecule has 2 heteroatoms. The molecule has 98 valence electrons. The standard InChI is InChI=1S/C16H24N2/c1-11(2)15(12(3)4)10-18-16-8-13(5)6-7-14(16)9-17/h6-8,11-12,15,18H,10H2,1-5H3. The van der Waals surface area contributed by atoms with Crippen LogP contribution in [-0.2, 0) is 0 Å². The average Bonchev–Trinajstić information content (AvgIpc) is 2.28. The summed E-state index contributed by atoms with van der Waals surface area (Å²) in [7, 11) is 0. The van der Waals surface area contributed by atoms with E-state index in [1.807, 2.05) is 12.1 Å². The molecule has 0 unspecified atom stereocenters. The zero-order valence-corrected chi connectivity index (χ0v) is 12.1. The predicted molar refractivity (Wildman–Crippen MR) is 77.5 cm³/mol. The zero-order valence-electron chi connectivity index (χ0n) is 12.1. The van der Waals surface area contributed by atoms with Crippen molar-refractivity contribution >= 4 is 5.69 Å². The second-order valence-electron chi connectivity index (χ2n) is 5.69. The molecule has 0 aliphatic rings. The van der Waals surface area contributed by atoms with Crippen LogP contribution in [0.3, 0.4) is 0 Å². The van der Waals surface area contributed by atoms with E-state index in [1.165, 1.54) is 5.56 Å². The maximum Gasteiger partial charge on any atom is 0.101 e. The summed E-state index contributed by atoms with van der Waals surface area (Å²) in [5.74, 6) is 1.91. The van der Waals surface area contributed by atoms with Gasteiger partial charge in [-0.3, -0.25) is 0 Å². The summed E-state index contributed by atoms with van der Waals surface area (Å²) in [4.78, 5) is 0. The molecule has 0 saturated heterocycles. The van der Waals surface area contributed by atoms with E-state index in [-0.39, 0.29) is 0 Å². The van der Waals surface area contributed by atoms with Crippen molar-refractivity contribution in [2.24, 2.45) is 17.8 Å². The van der Waals surface area contributed by atoms with Crippen LogP contribution in [0.2, 0.25) is 0 Å². The third-order valence-electron chi connectivity index (χ3n) is 3.54. The van der Waals surface area contributed by atoms with Crippen LogP contribution in [0, 0.1) is 36.0 Å². The smallest absolute Gasteiger partial charge is 0.101 e. The second-order valence-corrected chi connectivity index (χ2v) is 5.69. The molecule has 0 saturated carbocycles. The van der Waals surface area contributed by atoms with Crippen LogP contribution >= 0.6 is 0 Å². The van der Waals surface area contributed by atoms with Crippen LogP contribution in [0.5, 0.6) is 0 Å². The van der Waals surface area contributed by atoms with Crippen molar-refractivity contribution in [2.45, 2.75) is 34.6 Å². The van der Waals surface area contributed by atoms with Gasteiger partial charge in [0, 0.05) is 6.54 Å². The third-order valence-corrected chi connectivity index (χ3v) is 3.54. The van der Waals surface area contributed by atoms with E-state index in [0.717, 1.165) is 17.8 Å². The van der Waals surface area contributed by atoms with E-state index in [2.05, 4.69) is 52.1 Å². The highest BCUT2D eigenvalue weighted by atomic mass is 14.9. The van der Waals surface area contributed by atoms with Crippen LogP contribution in [0.1, 0.15) is 38.8 Å². The zero-order chi connectivity index (χ0) is 13.7. The van der Waals surface area contributed by atoms with Crippen molar-refractivity contribution < 1.29 is 0 Å². The number of hydrogen-bond donors (Lipinski definition) is 1. The summed E-state index contributed by atoms with van der Waals surface area (Å²) in [5.41, 5.74) is 2.87. The van der Waals surface area contributed by atoms with Crippen LogP contribution < -0.4 is 5.32 Å². The molecule has 1 N–H and O–H groups in total. The Hall–Kier alpha value is -1.49. The molecule has 1 rings (SSSR count). The molecular formula is C16H24N2. The lowest BCUT2D eigenvalue weighted by Gasteiger charge is -2.25. The number of nitrogens with zero attached hydrogens (tertiary/aromatic N) is 1. The van der Waals surface area contributed by atoms with Crippen molar-refractivity contribution in [3.8, 4) is 6.07 Å². The maximum absolute atomic E-state index is 9.10. The molecule has 0 amide bonds. The molecule has 0 radical (unpaired) electrons. The fourth-order valence-electron chi connectivity index (χ4n) is 2.37. The summed E-state index contributed by atoms with van der Waals surface area (Å²) < 4.78 is 0. The molecule has 0 bridgehead atoms. The van der Waals surface area contributed by atoms with Crippen LogP contribution in [0.4, 0.5) is 5.69 Å². The molecule has 0 aromatic heterocycles. The van der Waals surface area contributed by atoms with Crippen LogP contribution in [0.15, 0.2) is 18.2 Å². The summed E-state index contributed by atoms with van der Waals surface area (Å²) in [6.45, 7) is 12.0. The molecule has 18 heavy (non-hydrogen) atoms. The van der Waals surface area contributed by atoms with Crippen LogP contribution in [0.25, 0.3) is 0 Å². The van der Waals surface area contributed by atoms with Crippen molar-refractivity contribution in [1.29, 1.82) is 5.26 Å². The fourth-order valence-corrected chi connectivity index (χ4v) is 2.37. The number of rotatable bonds is 5. The van der Waals surface area contributed by atoms with Gasteiger partial charge in [-0.05, 0) is 42.4 Å². The van der Waals surface area contributed by atoms with E-state index in [1.54, 1.807) is 0 Å². The summed E-state index contributed by atoms with van der Waals surface area (Å²) in [6.07, 6.45) is 0. The van der Waals surface area contributed by atoms with Gasteiger partial charge in [-0.1, -0.05) is 33.8 Å². The van der Waals surface area contributed by atoms with Crippen LogP contribution in [-0.4, -0.2) is 6.54 Å². The molecule has 2 nitrogen and oxygen atoms in total. The Morgan fingerprint density at radius 3 is 2.28 bits per heavy atom. The Kier molecular flexibility index (Phi) is 5.22. The van der Waals surface area contributed by atoms with Gasteiger partial charge in [-0.15, -0.1) is 0 Å². The highest BCUT2D eigenvalue weighted by Gasteiger charge is 2.17. The molecule has 0 fully saturated rings. The van der Waals surface area contributed by atoms with Crippen molar-refractivity contribution in [3.05, 3.63) is 29.3 Å².